The Balaban J connectivity index is 2.20. The van der Waals surface area contributed by atoms with Gasteiger partial charge in [0, 0.05) is 0 Å². The molecule has 3 heteroatoms. The predicted octanol–water partition coefficient (Wildman–Crippen LogP) is 3.90. The maximum atomic E-state index is 8.43. The molecule has 2 rings (SSSR count). The number of hydrogen-bond acceptors (Lipinski definition) is 3. The number of nitrogens with zero attached hydrogens (tertiary/aromatic N) is 1. The molecule has 0 amide bonds. The molecular weight excluding hydrogens is 226 g/mol. The Labute approximate surface area is 106 Å². The first-order valence-corrected chi connectivity index (χ1v) is 5.71. The molecule has 0 saturated heterocycles. The highest BCUT2D eigenvalue weighted by atomic mass is 16.5. The molecule has 18 heavy (non-hydrogen) atoms. The number of benzene rings is 2. The van der Waals surface area contributed by atoms with Crippen molar-refractivity contribution in [2.24, 2.45) is 5.16 Å². The van der Waals surface area contributed by atoms with Crippen LogP contribution in [0, 0.1) is 13.8 Å². The molecule has 0 aliphatic rings. The lowest BCUT2D eigenvalue weighted by molar-refractivity contribution is 0.322. The van der Waals surface area contributed by atoms with Crippen molar-refractivity contribution < 1.29 is 9.94 Å². The zero-order chi connectivity index (χ0) is 13.0. The average Bonchev–Trinajstić information content (AvgIpc) is 2.37. The molecule has 0 atom stereocenters. The van der Waals surface area contributed by atoms with Crippen LogP contribution >= 0.6 is 0 Å². The summed E-state index contributed by atoms with van der Waals surface area (Å²) < 4.78 is 5.82. The Morgan fingerprint density at radius 2 is 1.78 bits per heavy atom. The van der Waals surface area contributed by atoms with Gasteiger partial charge in [0.25, 0.3) is 0 Å². The van der Waals surface area contributed by atoms with Gasteiger partial charge in [0.05, 0.1) is 6.21 Å². The summed E-state index contributed by atoms with van der Waals surface area (Å²) in [4.78, 5) is 0. The first kappa shape index (κ1) is 12.2. The van der Waals surface area contributed by atoms with E-state index in [1.54, 1.807) is 0 Å². The van der Waals surface area contributed by atoms with Gasteiger partial charge in [-0.2, -0.15) is 0 Å². The minimum atomic E-state index is 0.763. The molecule has 0 spiro atoms. The van der Waals surface area contributed by atoms with Gasteiger partial charge in [0.2, 0.25) is 0 Å². The van der Waals surface area contributed by atoms with Crippen LogP contribution in [0.3, 0.4) is 0 Å². The monoisotopic (exact) mass is 241 g/mol. The maximum absolute atomic E-state index is 8.43. The van der Waals surface area contributed by atoms with Gasteiger partial charge in [0.15, 0.2) is 0 Å². The molecule has 0 bridgehead atoms. The summed E-state index contributed by atoms with van der Waals surface area (Å²) in [6.07, 6.45) is 1.38. The van der Waals surface area contributed by atoms with Crippen molar-refractivity contribution >= 4 is 6.21 Å². The van der Waals surface area contributed by atoms with Crippen molar-refractivity contribution in [3.8, 4) is 11.5 Å². The first-order valence-electron chi connectivity index (χ1n) is 5.71. The minimum Gasteiger partial charge on any atom is -0.457 e. The molecule has 2 aromatic carbocycles. The van der Waals surface area contributed by atoms with Crippen LogP contribution in [0.2, 0.25) is 0 Å². The van der Waals surface area contributed by atoms with Crippen molar-refractivity contribution in [1.82, 2.24) is 0 Å². The first-order chi connectivity index (χ1) is 8.69. The van der Waals surface area contributed by atoms with Crippen molar-refractivity contribution in [3.63, 3.8) is 0 Å². The lowest BCUT2D eigenvalue weighted by Gasteiger charge is -2.09. The van der Waals surface area contributed by atoms with Crippen LogP contribution in [0.4, 0.5) is 0 Å². The topological polar surface area (TPSA) is 41.8 Å². The second-order valence-electron chi connectivity index (χ2n) is 4.18. The van der Waals surface area contributed by atoms with E-state index in [1.165, 1.54) is 11.8 Å². The van der Waals surface area contributed by atoms with E-state index >= 15 is 0 Å². The quantitative estimate of drug-likeness (QED) is 0.503. The Bertz CT molecular complexity index is 559. The highest BCUT2D eigenvalue weighted by Gasteiger charge is 2.01. The van der Waals surface area contributed by atoms with Crippen molar-refractivity contribution in [2.45, 2.75) is 13.8 Å². The lowest BCUT2D eigenvalue weighted by atomic mass is 10.1. The third kappa shape index (κ3) is 2.88. The van der Waals surface area contributed by atoms with Gasteiger partial charge in [-0.25, -0.2) is 0 Å². The van der Waals surface area contributed by atoms with Crippen LogP contribution in [0.1, 0.15) is 16.7 Å². The average molecular weight is 241 g/mol. The van der Waals surface area contributed by atoms with Crippen LogP contribution in [-0.4, -0.2) is 11.4 Å². The lowest BCUT2D eigenvalue weighted by Crippen LogP contribution is -1.89. The second kappa shape index (κ2) is 5.36. The Hall–Kier alpha value is -2.29. The van der Waals surface area contributed by atoms with Crippen molar-refractivity contribution in [3.05, 3.63) is 59.2 Å². The van der Waals surface area contributed by atoms with Crippen molar-refractivity contribution in [2.75, 3.05) is 0 Å². The van der Waals surface area contributed by atoms with E-state index in [9.17, 15) is 0 Å². The summed E-state index contributed by atoms with van der Waals surface area (Å²) in [7, 11) is 0. The zero-order valence-electron chi connectivity index (χ0n) is 10.4. The molecule has 2 aromatic rings. The molecular formula is C15H15NO2. The Morgan fingerprint density at radius 3 is 2.44 bits per heavy atom. The molecule has 3 nitrogen and oxygen atoms in total. The summed E-state index contributed by atoms with van der Waals surface area (Å²) in [6, 6.07) is 13.5. The van der Waals surface area contributed by atoms with E-state index < -0.39 is 0 Å². The van der Waals surface area contributed by atoms with Gasteiger partial charge in [-0.3, -0.25) is 0 Å². The fourth-order valence-electron chi connectivity index (χ4n) is 1.63. The summed E-state index contributed by atoms with van der Waals surface area (Å²) in [6.45, 7) is 4.05. The number of rotatable bonds is 3. The SMILES string of the molecule is Cc1ccc(C)c(Oc2ccc(C=NO)cc2)c1. The summed E-state index contributed by atoms with van der Waals surface area (Å²) >= 11 is 0. The molecule has 1 N–H and O–H groups in total. The van der Waals surface area contributed by atoms with E-state index in [0.717, 1.165) is 22.6 Å². The summed E-state index contributed by atoms with van der Waals surface area (Å²) in [5, 5.41) is 11.4. The molecule has 0 aliphatic carbocycles. The molecule has 0 radical (unpaired) electrons. The van der Waals surface area contributed by atoms with Gasteiger partial charge in [-0.1, -0.05) is 17.3 Å². The van der Waals surface area contributed by atoms with E-state index in [2.05, 4.69) is 11.2 Å². The number of hydrogen-bond donors (Lipinski definition) is 1. The second-order valence-corrected chi connectivity index (χ2v) is 4.18. The van der Waals surface area contributed by atoms with Gasteiger partial charge >= 0.3 is 0 Å². The molecule has 0 heterocycles. The fourth-order valence-corrected chi connectivity index (χ4v) is 1.63. The number of ether oxygens (including phenoxy) is 1. The minimum absolute atomic E-state index is 0.763. The van der Waals surface area contributed by atoms with Gasteiger partial charge < -0.3 is 9.94 Å². The number of aryl methyl sites for hydroxylation is 2. The van der Waals surface area contributed by atoms with Crippen LogP contribution in [0.15, 0.2) is 47.6 Å². The maximum Gasteiger partial charge on any atom is 0.130 e. The molecule has 0 fully saturated rings. The summed E-state index contributed by atoms with van der Waals surface area (Å²) in [5.41, 5.74) is 3.09. The Kier molecular flexibility index (Phi) is 3.63. The molecule has 0 aromatic heterocycles. The van der Waals surface area contributed by atoms with Gasteiger partial charge in [-0.05, 0) is 60.9 Å². The van der Waals surface area contributed by atoms with E-state index in [1.807, 2.05) is 50.2 Å². The van der Waals surface area contributed by atoms with Gasteiger partial charge in [0.1, 0.15) is 11.5 Å². The predicted molar refractivity (Wildman–Crippen MR) is 71.8 cm³/mol. The highest BCUT2D eigenvalue weighted by molar-refractivity contribution is 5.79. The van der Waals surface area contributed by atoms with Crippen molar-refractivity contribution in [1.29, 1.82) is 0 Å². The van der Waals surface area contributed by atoms with Crippen LogP contribution in [-0.2, 0) is 0 Å². The van der Waals surface area contributed by atoms with Crippen LogP contribution in [0.5, 0.6) is 11.5 Å². The standard InChI is InChI=1S/C15H15NO2/c1-11-3-4-12(2)15(9-11)18-14-7-5-13(6-8-14)10-16-17/h3-10,17H,1-2H3. The fraction of sp³-hybridized carbons (Fsp3) is 0.133. The highest BCUT2D eigenvalue weighted by Crippen LogP contribution is 2.25. The van der Waals surface area contributed by atoms with E-state index in [0.29, 0.717) is 0 Å². The smallest absolute Gasteiger partial charge is 0.130 e. The van der Waals surface area contributed by atoms with Gasteiger partial charge in [-0.15, -0.1) is 0 Å². The Morgan fingerprint density at radius 1 is 1.06 bits per heavy atom. The normalized spacial score (nSPS) is 10.8. The third-order valence-corrected chi connectivity index (χ3v) is 2.66. The largest absolute Gasteiger partial charge is 0.457 e. The number of oxime groups is 1. The molecule has 0 unspecified atom stereocenters. The molecule has 0 aliphatic heterocycles. The molecule has 92 valence electrons. The van der Waals surface area contributed by atoms with Crippen LogP contribution < -0.4 is 4.74 Å². The third-order valence-electron chi connectivity index (χ3n) is 2.66. The van der Waals surface area contributed by atoms with E-state index in [-0.39, 0.29) is 0 Å². The molecule has 0 saturated carbocycles. The zero-order valence-corrected chi connectivity index (χ0v) is 10.4. The van der Waals surface area contributed by atoms with E-state index in [4.69, 9.17) is 9.94 Å². The summed E-state index contributed by atoms with van der Waals surface area (Å²) in [5.74, 6) is 1.62. The van der Waals surface area contributed by atoms with Crippen LogP contribution in [0.25, 0.3) is 0 Å².